The van der Waals surface area contributed by atoms with Crippen molar-refractivity contribution in [2.24, 2.45) is 5.73 Å². The highest BCUT2D eigenvalue weighted by molar-refractivity contribution is 5.67. The zero-order chi connectivity index (χ0) is 11.9. The van der Waals surface area contributed by atoms with Crippen LogP contribution in [0.5, 0.6) is 0 Å². The van der Waals surface area contributed by atoms with Crippen molar-refractivity contribution in [2.75, 3.05) is 6.54 Å². The molecule has 2 aromatic heterocycles. The predicted molar refractivity (Wildman–Crippen MR) is 68.9 cm³/mol. The molecule has 0 spiro atoms. The van der Waals surface area contributed by atoms with Crippen LogP contribution in [-0.2, 0) is 6.54 Å². The maximum Gasteiger partial charge on any atom is 0.169 e. The number of aromatic nitrogens is 2. The second-order valence-electron chi connectivity index (χ2n) is 3.75. The first-order valence-electron chi connectivity index (χ1n) is 5.67. The molecule has 0 aliphatic heterocycles. The molecule has 0 saturated heterocycles. The minimum atomic E-state index is 0.661. The van der Waals surface area contributed by atoms with Gasteiger partial charge in [-0.05, 0) is 23.8 Å². The number of hydrogen-bond acceptors (Lipinski definition) is 2. The molecule has 17 heavy (non-hydrogen) atoms. The van der Waals surface area contributed by atoms with Crippen molar-refractivity contribution in [1.82, 2.24) is 4.98 Å². The van der Waals surface area contributed by atoms with Gasteiger partial charge in [-0.1, -0.05) is 12.1 Å². The van der Waals surface area contributed by atoms with Crippen LogP contribution in [-0.4, -0.2) is 11.5 Å². The molecule has 0 amide bonds. The fourth-order valence-electron chi connectivity index (χ4n) is 1.53. The summed E-state index contributed by atoms with van der Waals surface area (Å²) >= 11 is 0. The molecule has 0 aromatic carbocycles. The lowest BCUT2D eigenvalue weighted by atomic mass is 10.2. The minimum absolute atomic E-state index is 0.661. The lowest BCUT2D eigenvalue weighted by molar-refractivity contribution is -0.694. The van der Waals surface area contributed by atoms with Crippen LogP contribution in [0.4, 0.5) is 0 Å². The first-order valence-corrected chi connectivity index (χ1v) is 5.67. The molecular weight excluding hydrogens is 210 g/mol. The fourth-order valence-corrected chi connectivity index (χ4v) is 1.53. The van der Waals surface area contributed by atoms with Crippen molar-refractivity contribution in [3.05, 3.63) is 60.2 Å². The lowest BCUT2D eigenvalue weighted by Crippen LogP contribution is -2.36. The van der Waals surface area contributed by atoms with E-state index in [0.717, 1.165) is 17.8 Å². The number of nitrogens with two attached hydrogens (primary N) is 1. The molecule has 0 aliphatic carbocycles. The normalized spacial score (nSPS) is 10.9. The van der Waals surface area contributed by atoms with Crippen molar-refractivity contribution in [3.63, 3.8) is 0 Å². The van der Waals surface area contributed by atoms with Crippen LogP contribution in [0.1, 0.15) is 11.3 Å². The highest BCUT2D eigenvalue weighted by Gasteiger charge is 1.96. The molecule has 0 radical (unpaired) electrons. The van der Waals surface area contributed by atoms with Crippen LogP contribution in [0.2, 0.25) is 0 Å². The monoisotopic (exact) mass is 226 g/mol. The van der Waals surface area contributed by atoms with Crippen molar-refractivity contribution in [1.29, 1.82) is 0 Å². The average molecular weight is 226 g/mol. The Kier molecular flexibility index (Phi) is 4.00. The number of nitrogens with zero attached hydrogens (tertiary/aromatic N) is 2. The van der Waals surface area contributed by atoms with Gasteiger partial charge in [-0.15, -0.1) is 0 Å². The molecule has 0 bridgehead atoms. The standard InChI is InChI=1S/C14H16N3/c15-8-12-17-10-6-13(7-11-17)4-5-14-3-1-2-9-16-14/h1-7,9-11H,8,12,15H2/q+1/b5-4+. The van der Waals surface area contributed by atoms with Gasteiger partial charge in [0.1, 0.15) is 0 Å². The zero-order valence-electron chi connectivity index (χ0n) is 9.66. The number of rotatable bonds is 4. The van der Waals surface area contributed by atoms with E-state index in [9.17, 15) is 0 Å². The third kappa shape index (κ3) is 3.50. The van der Waals surface area contributed by atoms with Gasteiger partial charge in [0.05, 0.1) is 12.2 Å². The Morgan fingerprint density at radius 3 is 2.59 bits per heavy atom. The highest BCUT2D eigenvalue weighted by Crippen LogP contribution is 2.03. The van der Waals surface area contributed by atoms with Crippen LogP contribution in [0.3, 0.4) is 0 Å². The first kappa shape index (κ1) is 11.5. The summed E-state index contributed by atoms with van der Waals surface area (Å²) in [7, 11) is 0. The molecule has 2 rings (SSSR count). The summed E-state index contributed by atoms with van der Waals surface area (Å²) in [4.78, 5) is 4.23. The van der Waals surface area contributed by atoms with E-state index >= 15 is 0 Å². The Morgan fingerprint density at radius 2 is 1.94 bits per heavy atom. The van der Waals surface area contributed by atoms with E-state index in [-0.39, 0.29) is 0 Å². The summed E-state index contributed by atoms with van der Waals surface area (Å²) in [6.07, 6.45) is 9.91. The van der Waals surface area contributed by atoms with Crippen LogP contribution >= 0.6 is 0 Å². The summed E-state index contributed by atoms with van der Waals surface area (Å²) in [6.45, 7) is 1.51. The molecule has 0 atom stereocenters. The van der Waals surface area contributed by atoms with Crippen molar-refractivity contribution in [3.8, 4) is 0 Å². The molecule has 2 N–H and O–H groups in total. The largest absolute Gasteiger partial charge is 0.325 e. The third-order valence-corrected chi connectivity index (χ3v) is 2.44. The minimum Gasteiger partial charge on any atom is -0.325 e. The van der Waals surface area contributed by atoms with E-state index in [1.165, 1.54) is 0 Å². The quantitative estimate of drug-likeness (QED) is 0.803. The predicted octanol–water partition coefficient (Wildman–Crippen LogP) is 1.50. The molecule has 3 heteroatoms. The molecule has 2 heterocycles. The highest BCUT2D eigenvalue weighted by atomic mass is 14.9. The van der Waals surface area contributed by atoms with Crippen molar-refractivity contribution < 1.29 is 4.57 Å². The Hall–Kier alpha value is -2.00. The summed E-state index contributed by atoms with van der Waals surface area (Å²) in [5.74, 6) is 0. The molecule has 0 saturated carbocycles. The summed E-state index contributed by atoms with van der Waals surface area (Å²) in [5.41, 5.74) is 7.61. The van der Waals surface area contributed by atoms with Crippen LogP contribution in [0, 0.1) is 0 Å². The Bertz CT molecular complexity index is 475. The van der Waals surface area contributed by atoms with Gasteiger partial charge in [-0.25, -0.2) is 4.57 Å². The summed E-state index contributed by atoms with van der Waals surface area (Å²) in [6, 6.07) is 10.0. The van der Waals surface area contributed by atoms with Gasteiger partial charge in [0.15, 0.2) is 18.9 Å². The van der Waals surface area contributed by atoms with Crippen molar-refractivity contribution in [2.45, 2.75) is 6.54 Å². The lowest BCUT2D eigenvalue weighted by Gasteiger charge is -1.95. The van der Waals surface area contributed by atoms with E-state index < -0.39 is 0 Å². The third-order valence-electron chi connectivity index (χ3n) is 2.44. The molecular formula is C14H16N3+. The Labute approximate surface area is 101 Å². The van der Waals surface area contributed by atoms with E-state index in [2.05, 4.69) is 27.8 Å². The number of hydrogen-bond donors (Lipinski definition) is 1. The van der Waals surface area contributed by atoms with Gasteiger partial charge in [-0.3, -0.25) is 4.98 Å². The van der Waals surface area contributed by atoms with Crippen LogP contribution < -0.4 is 10.3 Å². The Balaban J connectivity index is 2.06. The molecule has 86 valence electrons. The second-order valence-corrected chi connectivity index (χ2v) is 3.75. The topological polar surface area (TPSA) is 42.8 Å². The average Bonchev–Trinajstić information content (AvgIpc) is 2.40. The summed E-state index contributed by atoms with van der Waals surface area (Å²) in [5, 5.41) is 0. The number of pyridine rings is 2. The Morgan fingerprint density at radius 1 is 1.12 bits per heavy atom. The SMILES string of the molecule is NCC[n+]1ccc(/C=C/c2ccccn2)cc1. The van der Waals surface area contributed by atoms with Gasteiger partial charge >= 0.3 is 0 Å². The smallest absolute Gasteiger partial charge is 0.169 e. The van der Waals surface area contributed by atoms with Gasteiger partial charge in [0.25, 0.3) is 0 Å². The van der Waals surface area contributed by atoms with E-state index in [4.69, 9.17) is 5.73 Å². The van der Waals surface area contributed by atoms with Crippen LogP contribution in [0.15, 0.2) is 48.9 Å². The molecule has 0 fully saturated rings. The second kappa shape index (κ2) is 5.92. The van der Waals surface area contributed by atoms with Gasteiger partial charge in [0.2, 0.25) is 0 Å². The maximum atomic E-state index is 5.49. The molecule has 3 nitrogen and oxygen atoms in total. The fraction of sp³-hybridized carbons (Fsp3) is 0.143. The van der Waals surface area contributed by atoms with E-state index in [1.807, 2.05) is 36.7 Å². The molecule has 0 unspecified atom stereocenters. The van der Waals surface area contributed by atoms with Crippen molar-refractivity contribution >= 4 is 12.2 Å². The molecule has 0 aliphatic rings. The zero-order valence-corrected chi connectivity index (χ0v) is 9.66. The first-order chi connectivity index (χ1) is 8.38. The summed E-state index contributed by atoms with van der Waals surface area (Å²) < 4.78 is 2.07. The van der Waals surface area contributed by atoms with Gasteiger partial charge in [0, 0.05) is 18.3 Å². The van der Waals surface area contributed by atoms with E-state index in [1.54, 1.807) is 6.20 Å². The van der Waals surface area contributed by atoms with Crippen LogP contribution in [0.25, 0.3) is 12.2 Å². The molecule has 2 aromatic rings. The van der Waals surface area contributed by atoms with Gasteiger partial charge < -0.3 is 5.73 Å². The van der Waals surface area contributed by atoms with Gasteiger partial charge in [-0.2, -0.15) is 0 Å². The maximum absolute atomic E-state index is 5.49. The van der Waals surface area contributed by atoms with E-state index in [0.29, 0.717) is 6.54 Å².